The van der Waals surface area contributed by atoms with Gasteiger partial charge in [-0.05, 0) is 25.7 Å². The molecule has 2 nitrogen and oxygen atoms in total. The van der Waals surface area contributed by atoms with Crippen molar-refractivity contribution in [2.24, 2.45) is 0 Å². The summed E-state index contributed by atoms with van der Waals surface area (Å²) in [6.45, 7) is 2.43. The van der Waals surface area contributed by atoms with Crippen LogP contribution in [0.5, 0.6) is 0 Å². The third-order valence-electron chi connectivity index (χ3n) is 4.08. The SMILES string of the molecule is FC(F)(F)CCCCCCCCCCCOCC1CCCO1. The summed E-state index contributed by atoms with van der Waals surface area (Å²) in [5.74, 6) is 0. The Morgan fingerprint density at radius 3 is 2.00 bits per heavy atom. The molecule has 0 aromatic rings. The molecule has 0 amide bonds. The second kappa shape index (κ2) is 12.2. The average molecular weight is 324 g/mol. The lowest BCUT2D eigenvalue weighted by Crippen LogP contribution is -2.14. The molecule has 22 heavy (non-hydrogen) atoms. The molecule has 1 heterocycles. The molecule has 0 aromatic carbocycles. The van der Waals surface area contributed by atoms with Crippen LogP contribution in [0.4, 0.5) is 13.2 Å². The average Bonchev–Trinajstić information content (AvgIpc) is 2.96. The highest BCUT2D eigenvalue weighted by Gasteiger charge is 2.25. The van der Waals surface area contributed by atoms with Gasteiger partial charge in [0.15, 0.2) is 0 Å². The molecule has 1 unspecified atom stereocenters. The van der Waals surface area contributed by atoms with E-state index in [2.05, 4.69) is 0 Å². The van der Waals surface area contributed by atoms with E-state index in [-0.39, 0.29) is 6.42 Å². The molecule has 1 aliphatic heterocycles. The first kappa shape index (κ1) is 19.8. The molecule has 0 radical (unpaired) electrons. The minimum atomic E-state index is -3.98. The zero-order valence-corrected chi connectivity index (χ0v) is 13.6. The number of hydrogen-bond donors (Lipinski definition) is 0. The van der Waals surface area contributed by atoms with Crippen LogP contribution >= 0.6 is 0 Å². The fourth-order valence-electron chi connectivity index (χ4n) is 2.76. The van der Waals surface area contributed by atoms with E-state index in [4.69, 9.17) is 9.47 Å². The first-order valence-electron chi connectivity index (χ1n) is 8.84. The standard InChI is InChI=1S/C17H31F3O2/c18-17(19,20)12-8-6-4-2-1-3-5-7-9-13-21-15-16-11-10-14-22-16/h16H,1-15H2. The summed E-state index contributed by atoms with van der Waals surface area (Å²) < 4.78 is 46.9. The molecule has 0 spiro atoms. The molecule has 5 heteroatoms. The number of rotatable bonds is 13. The molecular weight excluding hydrogens is 293 g/mol. The van der Waals surface area contributed by atoms with Crippen molar-refractivity contribution in [2.75, 3.05) is 19.8 Å². The van der Waals surface area contributed by atoms with Crippen molar-refractivity contribution in [2.45, 2.75) is 89.3 Å². The van der Waals surface area contributed by atoms with Gasteiger partial charge in [0.05, 0.1) is 12.7 Å². The van der Waals surface area contributed by atoms with Crippen LogP contribution in [-0.4, -0.2) is 32.1 Å². The van der Waals surface area contributed by atoms with Crippen molar-refractivity contribution < 1.29 is 22.6 Å². The van der Waals surface area contributed by atoms with Gasteiger partial charge in [0.25, 0.3) is 0 Å². The Morgan fingerprint density at radius 1 is 0.864 bits per heavy atom. The minimum Gasteiger partial charge on any atom is -0.379 e. The molecule has 0 N–H and O–H groups in total. The highest BCUT2D eigenvalue weighted by molar-refractivity contribution is 4.63. The summed E-state index contributed by atoms with van der Waals surface area (Å²) in [5.41, 5.74) is 0. The van der Waals surface area contributed by atoms with Crippen LogP contribution in [-0.2, 0) is 9.47 Å². The lowest BCUT2D eigenvalue weighted by Gasteiger charge is -2.09. The van der Waals surface area contributed by atoms with Gasteiger partial charge in [-0.15, -0.1) is 0 Å². The van der Waals surface area contributed by atoms with Crippen molar-refractivity contribution >= 4 is 0 Å². The van der Waals surface area contributed by atoms with Gasteiger partial charge in [-0.1, -0.05) is 44.9 Å². The van der Waals surface area contributed by atoms with E-state index in [1.165, 1.54) is 19.3 Å². The molecule has 1 fully saturated rings. The summed E-state index contributed by atoms with van der Waals surface area (Å²) in [4.78, 5) is 0. The number of hydrogen-bond acceptors (Lipinski definition) is 2. The van der Waals surface area contributed by atoms with Gasteiger partial charge in [-0.2, -0.15) is 13.2 Å². The fraction of sp³-hybridized carbons (Fsp3) is 1.00. The van der Waals surface area contributed by atoms with E-state index in [1.54, 1.807) is 0 Å². The van der Waals surface area contributed by atoms with Gasteiger partial charge in [0, 0.05) is 19.6 Å². The van der Waals surface area contributed by atoms with Gasteiger partial charge in [-0.25, -0.2) is 0 Å². The van der Waals surface area contributed by atoms with Crippen LogP contribution < -0.4 is 0 Å². The molecule has 0 bridgehead atoms. The number of alkyl halides is 3. The van der Waals surface area contributed by atoms with Crippen LogP contribution in [0.3, 0.4) is 0 Å². The number of ether oxygens (including phenoxy) is 2. The first-order chi connectivity index (χ1) is 10.6. The predicted octanol–water partition coefficient (Wildman–Crippen LogP) is 5.65. The second-order valence-electron chi connectivity index (χ2n) is 6.26. The Kier molecular flexibility index (Phi) is 10.9. The van der Waals surface area contributed by atoms with E-state index < -0.39 is 12.6 Å². The quantitative estimate of drug-likeness (QED) is 0.408. The highest BCUT2D eigenvalue weighted by Crippen LogP contribution is 2.23. The van der Waals surface area contributed by atoms with E-state index in [1.807, 2.05) is 0 Å². The molecular formula is C17H31F3O2. The lowest BCUT2D eigenvalue weighted by atomic mass is 10.1. The molecule has 1 atom stereocenters. The van der Waals surface area contributed by atoms with Crippen molar-refractivity contribution in [1.82, 2.24) is 0 Å². The van der Waals surface area contributed by atoms with Crippen molar-refractivity contribution in [3.05, 3.63) is 0 Å². The molecule has 1 rings (SSSR count). The van der Waals surface area contributed by atoms with Crippen molar-refractivity contribution in [3.8, 4) is 0 Å². The Hall–Kier alpha value is -0.290. The second-order valence-corrected chi connectivity index (χ2v) is 6.26. The molecule has 1 aliphatic rings. The molecule has 1 saturated heterocycles. The maximum absolute atomic E-state index is 11.9. The summed E-state index contributed by atoms with van der Waals surface area (Å²) in [5, 5.41) is 0. The zero-order valence-electron chi connectivity index (χ0n) is 13.6. The third kappa shape index (κ3) is 12.3. The van der Waals surface area contributed by atoms with Gasteiger partial charge >= 0.3 is 6.18 Å². The summed E-state index contributed by atoms with van der Waals surface area (Å²) in [6, 6.07) is 0. The van der Waals surface area contributed by atoms with E-state index in [0.29, 0.717) is 12.5 Å². The van der Waals surface area contributed by atoms with Gasteiger partial charge < -0.3 is 9.47 Å². The fourth-order valence-corrected chi connectivity index (χ4v) is 2.76. The van der Waals surface area contributed by atoms with Crippen LogP contribution in [0.1, 0.15) is 77.0 Å². The summed E-state index contributed by atoms with van der Waals surface area (Å²) in [7, 11) is 0. The summed E-state index contributed by atoms with van der Waals surface area (Å²) in [6.07, 6.45) is 6.78. The van der Waals surface area contributed by atoms with Crippen molar-refractivity contribution in [3.63, 3.8) is 0 Å². The normalized spacial score (nSPS) is 19.0. The van der Waals surface area contributed by atoms with Gasteiger partial charge in [0.2, 0.25) is 0 Å². The first-order valence-corrected chi connectivity index (χ1v) is 8.84. The molecule has 0 aromatic heterocycles. The maximum Gasteiger partial charge on any atom is 0.389 e. The Bertz CT molecular complexity index is 251. The molecule has 0 aliphatic carbocycles. The zero-order chi connectivity index (χ0) is 16.1. The van der Waals surface area contributed by atoms with Crippen LogP contribution in [0, 0.1) is 0 Å². The maximum atomic E-state index is 11.9. The van der Waals surface area contributed by atoms with Crippen LogP contribution in [0.15, 0.2) is 0 Å². The van der Waals surface area contributed by atoms with Crippen LogP contribution in [0.2, 0.25) is 0 Å². The smallest absolute Gasteiger partial charge is 0.379 e. The van der Waals surface area contributed by atoms with Crippen molar-refractivity contribution in [1.29, 1.82) is 0 Å². The lowest BCUT2D eigenvalue weighted by molar-refractivity contribution is -0.135. The van der Waals surface area contributed by atoms with Crippen LogP contribution in [0.25, 0.3) is 0 Å². The van der Waals surface area contributed by atoms with E-state index in [0.717, 1.165) is 58.3 Å². The van der Waals surface area contributed by atoms with Gasteiger partial charge in [-0.3, -0.25) is 0 Å². The predicted molar refractivity (Wildman–Crippen MR) is 82.0 cm³/mol. The molecule has 0 saturated carbocycles. The minimum absolute atomic E-state index is 0.283. The topological polar surface area (TPSA) is 18.5 Å². The summed E-state index contributed by atoms with van der Waals surface area (Å²) >= 11 is 0. The Morgan fingerprint density at radius 2 is 1.45 bits per heavy atom. The third-order valence-corrected chi connectivity index (χ3v) is 4.08. The monoisotopic (exact) mass is 324 g/mol. The van der Waals surface area contributed by atoms with E-state index >= 15 is 0 Å². The highest BCUT2D eigenvalue weighted by atomic mass is 19.4. The largest absolute Gasteiger partial charge is 0.389 e. The Labute approximate surface area is 132 Å². The van der Waals surface area contributed by atoms with E-state index in [9.17, 15) is 13.2 Å². The number of halogens is 3. The Balaban J connectivity index is 1.69. The number of unbranched alkanes of at least 4 members (excludes halogenated alkanes) is 8. The van der Waals surface area contributed by atoms with Gasteiger partial charge in [0.1, 0.15) is 0 Å². The molecule has 132 valence electrons.